The van der Waals surface area contributed by atoms with E-state index < -0.39 is 0 Å². The maximum Gasteiger partial charge on any atom is 0.141 e. The lowest BCUT2D eigenvalue weighted by atomic mass is 10.2. The zero-order valence-corrected chi connectivity index (χ0v) is 12.9. The van der Waals surface area contributed by atoms with Crippen LogP contribution in [0.2, 0.25) is 0 Å². The highest BCUT2D eigenvalue weighted by Gasteiger charge is 2.10. The van der Waals surface area contributed by atoms with Gasteiger partial charge in [-0.15, -0.1) is 0 Å². The summed E-state index contributed by atoms with van der Waals surface area (Å²) >= 11 is 0. The SMILES string of the molecule is CCOCCN(C)c1ncc(F)cc1CNCC(C)C. The van der Waals surface area contributed by atoms with Gasteiger partial charge in [-0.25, -0.2) is 9.37 Å². The molecule has 0 radical (unpaired) electrons. The molecular weight excluding hydrogens is 257 g/mol. The highest BCUT2D eigenvalue weighted by atomic mass is 19.1. The van der Waals surface area contributed by atoms with Gasteiger partial charge in [0, 0.05) is 32.3 Å². The second-order valence-corrected chi connectivity index (χ2v) is 5.28. The minimum Gasteiger partial charge on any atom is -0.380 e. The van der Waals surface area contributed by atoms with Crippen LogP contribution < -0.4 is 10.2 Å². The van der Waals surface area contributed by atoms with Gasteiger partial charge in [-0.2, -0.15) is 0 Å². The highest BCUT2D eigenvalue weighted by molar-refractivity contribution is 5.46. The highest BCUT2D eigenvalue weighted by Crippen LogP contribution is 2.17. The van der Waals surface area contributed by atoms with E-state index in [1.54, 1.807) is 6.07 Å². The second-order valence-electron chi connectivity index (χ2n) is 5.28. The van der Waals surface area contributed by atoms with Crippen molar-refractivity contribution in [1.82, 2.24) is 10.3 Å². The molecule has 0 spiro atoms. The summed E-state index contributed by atoms with van der Waals surface area (Å²) in [5.41, 5.74) is 0.879. The molecule has 0 bridgehead atoms. The number of hydrogen-bond acceptors (Lipinski definition) is 4. The molecule has 0 aliphatic carbocycles. The maximum absolute atomic E-state index is 13.4. The molecule has 20 heavy (non-hydrogen) atoms. The standard InChI is InChI=1S/C15H26FN3O/c1-5-20-7-6-19(4)15-13(8-14(16)11-18-15)10-17-9-12(2)3/h8,11-12,17H,5-7,9-10H2,1-4H3. The fourth-order valence-electron chi connectivity index (χ4n) is 1.90. The van der Waals surface area contributed by atoms with Gasteiger partial charge in [0.25, 0.3) is 0 Å². The Bertz CT molecular complexity index is 399. The molecule has 0 unspecified atom stereocenters. The molecule has 1 aromatic rings. The smallest absolute Gasteiger partial charge is 0.141 e. The first-order chi connectivity index (χ1) is 9.54. The van der Waals surface area contributed by atoms with Crippen molar-refractivity contribution in [2.24, 2.45) is 5.92 Å². The lowest BCUT2D eigenvalue weighted by Crippen LogP contribution is -2.27. The summed E-state index contributed by atoms with van der Waals surface area (Å²) in [6.07, 6.45) is 1.26. The van der Waals surface area contributed by atoms with Crippen molar-refractivity contribution in [2.45, 2.75) is 27.3 Å². The lowest BCUT2D eigenvalue weighted by molar-refractivity contribution is 0.154. The van der Waals surface area contributed by atoms with Gasteiger partial charge >= 0.3 is 0 Å². The van der Waals surface area contributed by atoms with Crippen LogP contribution in [0.3, 0.4) is 0 Å². The van der Waals surface area contributed by atoms with Gasteiger partial charge in [-0.1, -0.05) is 13.8 Å². The summed E-state index contributed by atoms with van der Waals surface area (Å²) in [6, 6.07) is 1.55. The average Bonchev–Trinajstić information content (AvgIpc) is 2.38. The maximum atomic E-state index is 13.4. The van der Waals surface area contributed by atoms with Crippen LogP contribution in [-0.2, 0) is 11.3 Å². The number of anilines is 1. The molecular formula is C15H26FN3O. The van der Waals surface area contributed by atoms with Gasteiger partial charge in [-0.05, 0) is 25.5 Å². The van der Waals surface area contributed by atoms with Crippen molar-refractivity contribution in [3.05, 3.63) is 23.6 Å². The predicted octanol–water partition coefficient (Wildman–Crippen LogP) is 2.44. The molecule has 114 valence electrons. The van der Waals surface area contributed by atoms with Crippen molar-refractivity contribution in [1.29, 1.82) is 0 Å². The second kappa shape index (κ2) is 8.87. The largest absolute Gasteiger partial charge is 0.380 e. The van der Waals surface area contributed by atoms with Crippen molar-refractivity contribution in [2.75, 3.05) is 38.3 Å². The Morgan fingerprint density at radius 3 is 2.85 bits per heavy atom. The zero-order valence-electron chi connectivity index (χ0n) is 12.9. The monoisotopic (exact) mass is 283 g/mol. The Morgan fingerprint density at radius 1 is 1.45 bits per heavy atom. The summed E-state index contributed by atoms with van der Waals surface area (Å²) in [4.78, 5) is 6.21. The van der Waals surface area contributed by atoms with Crippen LogP contribution in [0.25, 0.3) is 0 Å². The van der Waals surface area contributed by atoms with E-state index in [2.05, 4.69) is 24.1 Å². The number of pyridine rings is 1. The van der Waals surface area contributed by atoms with Crippen LogP contribution in [0.1, 0.15) is 26.3 Å². The Hall–Kier alpha value is -1.20. The number of nitrogens with zero attached hydrogens (tertiary/aromatic N) is 2. The third-order valence-electron chi connectivity index (χ3n) is 2.91. The molecule has 1 N–H and O–H groups in total. The molecule has 0 fully saturated rings. The molecule has 0 amide bonds. The molecule has 1 heterocycles. The molecule has 1 rings (SSSR count). The molecule has 4 nitrogen and oxygen atoms in total. The van der Waals surface area contributed by atoms with Crippen LogP contribution in [0.15, 0.2) is 12.3 Å². The van der Waals surface area contributed by atoms with Crippen molar-refractivity contribution >= 4 is 5.82 Å². The topological polar surface area (TPSA) is 37.4 Å². The van der Waals surface area contributed by atoms with Crippen LogP contribution in [0.5, 0.6) is 0 Å². The van der Waals surface area contributed by atoms with Gasteiger partial charge in [0.05, 0.1) is 12.8 Å². The molecule has 0 saturated heterocycles. The summed E-state index contributed by atoms with van der Waals surface area (Å²) in [7, 11) is 1.95. The van der Waals surface area contributed by atoms with E-state index in [9.17, 15) is 4.39 Å². The molecule has 0 aliphatic heterocycles. The number of rotatable bonds is 9. The number of hydrogen-bond donors (Lipinski definition) is 1. The first-order valence-corrected chi connectivity index (χ1v) is 7.18. The number of aromatic nitrogens is 1. The Labute approximate surface area is 121 Å². The van der Waals surface area contributed by atoms with E-state index in [0.717, 1.165) is 24.5 Å². The minimum absolute atomic E-state index is 0.298. The first kappa shape index (κ1) is 16.9. The number of likely N-dealkylation sites (N-methyl/N-ethyl adjacent to an activating group) is 1. The van der Waals surface area contributed by atoms with E-state index in [1.807, 2.05) is 18.9 Å². The third kappa shape index (κ3) is 5.84. The molecule has 0 saturated carbocycles. The number of nitrogens with one attached hydrogen (secondary N) is 1. The van der Waals surface area contributed by atoms with Crippen LogP contribution in [0, 0.1) is 11.7 Å². The normalized spacial score (nSPS) is 11.1. The van der Waals surface area contributed by atoms with Crippen LogP contribution in [0.4, 0.5) is 10.2 Å². The molecule has 0 aromatic carbocycles. The minimum atomic E-state index is -0.298. The fourth-order valence-corrected chi connectivity index (χ4v) is 1.90. The van der Waals surface area contributed by atoms with Gasteiger partial charge in [0.15, 0.2) is 0 Å². The Morgan fingerprint density at radius 2 is 2.20 bits per heavy atom. The lowest BCUT2D eigenvalue weighted by Gasteiger charge is -2.21. The fraction of sp³-hybridized carbons (Fsp3) is 0.667. The molecule has 5 heteroatoms. The quantitative estimate of drug-likeness (QED) is 0.706. The van der Waals surface area contributed by atoms with Crippen LogP contribution >= 0.6 is 0 Å². The van der Waals surface area contributed by atoms with E-state index in [4.69, 9.17) is 4.74 Å². The molecule has 0 aliphatic rings. The van der Waals surface area contributed by atoms with E-state index in [-0.39, 0.29) is 5.82 Å². The van der Waals surface area contributed by atoms with Crippen LogP contribution in [-0.4, -0.2) is 38.3 Å². The van der Waals surface area contributed by atoms with Crippen molar-refractivity contribution in [3.8, 4) is 0 Å². The van der Waals surface area contributed by atoms with Gasteiger partial charge in [-0.3, -0.25) is 0 Å². The van der Waals surface area contributed by atoms with Crippen molar-refractivity contribution in [3.63, 3.8) is 0 Å². The van der Waals surface area contributed by atoms with Gasteiger partial charge in [0.1, 0.15) is 11.6 Å². The zero-order chi connectivity index (χ0) is 15.0. The third-order valence-corrected chi connectivity index (χ3v) is 2.91. The summed E-state index contributed by atoms with van der Waals surface area (Å²) in [5, 5.41) is 3.33. The van der Waals surface area contributed by atoms with E-state index >= 15 is 0 Å². The number of halogens is 1. The number of ether oxygens (including phenoxy) is 1. The predicted molar refractivity (Wildman–Crippen MR) is 80.5 cm³/mol. The van der Waals surface area contributed by atoms with Crippen molar-refractivity contribution < 1.29 is 9.13 Å². The summed E-state index contributed by atoms with van der Waals surface area (Å²) < 4.78 is 18.7. The Balaban J connectivity index is 2.68. The summed E-state index contributed by atoms with van der Waals surface area (Å²) in [5.74, 6) is 1.08. The average molecular weight is 283 g/mol. The summed E-state index contributed by atoms with van der Waals surface area (Å²) in [6.45, 7) is 9.87. The van der Waals surface area contributed by atoms with E-state index in [1.165, 1.54) is 6.20 Å². The van der Waals surface area contributed by atoms with Gasteiger partial charge < -0.3 is 15.0 Å². The Kier molecular flexibility index (Phi) is 7.47. The van der Waals surface area contributed by atoms with Gasteiger partial charge in [0.2, 0.25) is 0 Å². The van der Waals surface area contributed by atoms with E-state index in [0.29, 0.717) is 25.7 Å². The first-order valence-electron chi connectivity index (χ1n) is 7.18. The molecule has 1 aromatic heterocycles. The molecule has 0 atom stereocenters.